The van der Waals surface area contributed by atoms with Crippen molar-refractivity contribution < 1.29 is 9.90 Å². The van der Waals surface area contributed by atoms with Crippen molar-refractivity contribution >= 4 is 17.6 Å². The highest BCUT2D eigenvalue weighted by Crippen LogP contribution is 2.24. The molecule has 70 valence electrons. The van der Waals surface area contributed by atoms with E-state index in [0.717, 1.165) is 16.9 Å². The predicted octanol–water partition coefficient (Wildman–Crippen LogP) is 2.33. The van der Waals surface area contributed by atoms with Gasteiger partial charge in [0, 0.05) is 10.9 Å². The van der Waals surface area contributed by atoms with Crippen LogP contribution in [-0.4, -0.2) is 16.4 Å². The topological polar surface area (TPSA) is 50.2 Å². The average Bonchev–Trinajstić information content (AvgIpc) is 2.67. The van der Waals surface area contributed by atoms with Crippen LogP contribution in [-0.2, 0) is 0 Å². The van der Waals surface area contributed by atoms with E-state index in [1.165, 1.54) is 11.3 Å². The molecule has 4 heteroatoms. The van der Waals surface area contributed by atoms with E-state index >= 15 is 0 Å². The summed E-state index contributed by atoms with van der Waals surface area (Å²) < 4.78 is 0. The maximum absolute atomic E-state index is 10.4. The molecule has 14 heavy (non-hydrogen) atoms. The first kappa shape index (κ1) is 8.90. The van der Waals surface area contributed by atoms with Gasteiger partial charge in [-0.05, 0) is 24.3 Å². The molecule has 0 saturated carbocycles. The third kappa shape index (κ3) is 1.65. The van der Waals surface area contributed by atoms with Gasteiger partial charge < -0.3 is 5.11 Å². The van der Waals surface area contributed by atoms with Crippen LogP contribution in [0.3, 0.4) is 0 Å². The van der Waals surface area contributed by atoms with Crippen molar-refractivity contribution in [2.75, 3.05) is 0 Å². The number of hydrogen-bond acceptors (Lipinski definition) is 4. The van der Waals surface area contributed by atoms with E-state index in [-0.39, 0.29) is 5.75 Å². The Labute approximate surface area is 84.7 Å². The number of nitrogens with zero attached hydrogens (tertiary/aromatic N) is 1. The largest absolute Gasteiger partial charge is 0.508 e. The zero-order chi connectivity index (χ0) is 9.97. The number of aromatic nitrogens is 1. The van der Waals surface area contributed by atoms with E-state index in [0.29, 0.717) is 5.69 Å². The molecule has 1 heterocycles. The molecule has 0 aliphatic heterocycles. The smallest absolute Gasteiger partial charge is 0.169 e. The van der Waals surface area contributed by atoms with Crippen molar-refractivity contribution in [3.63, 3.8) is 0 Å². The Bertz CT molecular complexity index is 447. The summed E-state index contributed by atoms with van der Waals surface area (Å²) in [5.74, 6) is 0.223. The monoisotopic (exact) mass is 205 g/mol. The minimum absolute atomic E-state index is 0.223. The Kier molecular flexibility index (Phi) is 2.28. The molecular weight excluding hydrogens is 198 g/mol. The fraction of sp³-hybridized carbons (Fsp3) is 0. The van der Waals surface area contributed by atoms with Crippen molar-refractivity contribution in [3.8, 4) is 16.3 Å². The molecular formula is C10H7NO2S. The lowest BCUT2D eigenvalue weighted by Gasteiger charge is -1.95. The third-order valence-corrected chi connectivity index (χ3v) is 2.67. The lowest BCUT2D eigenvalue weighted by atomic mass is 10.2. The second-order valence-corrected chi connectivity index (χ2v) is 3.60. The molecule has 3 nitrogen and oxygen atoms in total. The molecule has 0 aliphatic rings. The van der Waals surface area contributed by atoms with Gasteiger partial charge in [0.15, 0.2) is 6.29 Å². The van der Waals surface area contributed by atoms with Crippen LogP contribution in [0.1, 0.15) is 10.5 Å². The number of phenols is 1. The summed E-state index contributed by atoms with van der Waals surface area (Å²) in [5, 5.41) is 11.6. The molecule has 1 N–H and O–H groups in total. The van der Waals surface area contributed by atoms with Crippen LogP contribution in [0.4, 0.5) is 0 Å². The Balaban J connectivity index is 2.39. The lowest BCUT2D eigenvalue weighted by Crippen LogP contribution is -1.79. The number of carbonyl (C=O) groups is 1. The number of phenolic OH excluding ortho intramolecular Hbond substituents is 1. The van der Waals surface area contributed by atoms with Crippen LogP contribution < -0.4 is 0 Å². The number of rotatable bonds is 2. The van der Waals surface area contributed by atoms with Crippen molar-refractivity contribution in [2.45, 2.75) is 0 Å². The van der Waals surface area contributed by atoms with Gasteiger partial charge in [-0.15, -0.1) is 11.3 Å². The highest BCUT2D eigenvalue weighted by atomic mass is 32.1. The molecule has 0 bridgehead atoms. The van der Waals surface area contributed by atoms with Gasteiger partial charge in [0.05, 0.1) is 0 Å². The highest BCUT2D eigenvalue weighted by molar-refractivity contribution is 7.13. The van der Waals surface area contributed by atoms with Gasteiger partial charge in [-0.25, -0.2) is 4.98 Å². The fourth-order valence-corrected chi connectivity index (χ4v) is 1.85. The van der Waals surface area contributed by atoms with Gasteiger partial charge in [0.2, 0.25) is 0 Å². The molecule has 0 saturated heterocycles. The van der Waals surface area contributed by atoms with Gasteiger partial charge in [0.25, 0.3) is 0 Å². The van der Waals surface area contributed by atoms with Gasteiger partial charge in [-0.1, -0.05) is 0 Å². The summed E-state index contributed by atoms with van der Waals surface area (Å²) in [6, 6.07) is 6.72. The van der Waals surface area contributed by atoms with Crippen LogP contribution in [0.25, 0.3) is 10.6 Å². The molecule has 1 aromatic carbocycles. The van der Waals surface area contributed by atoms with Crippen molar-refractivity contribution in [3.05, 3.63) is 35.3 Å². The van der Waals surface area contributed by atoms with Crippen LogP contribution in [0, 0.1) is 0 Å². The van der Waals surface area contributed by atoms with E-state index in [1.807, 2.05) is 0 Å². The molecule has 0 aliphatic carbocycles. The highest BCUT2D eigenvalue weighted by Gasteiger charge is 2.03. The Morgan fingerprint density at radius 2 is 2.00 bits per heavy atom. The number of hydrogen-bond donors (Lipinski definition) is 1. The summed E-state index contributed by atoms with van der Waals surface area (Å²) in [6.45, 7) is 0. The Hall–Kier alpha value is -1.68. The first-order valence-corrected chi connectivity index (χ1v) is 4.87. The molecule has 0 spiro atoms. The molecule has 0 fully saturated rings. The van der Waals surface area contributed by atoms with E-state index in [9.17, 15) is 4.79 Å². The number of benzene rings is 1. The summed E-state index contributed by atoms with van der Waals surface area (Å²) in [6.07, 6.45) is 0.723. The summed E-state index contributed by atoms with van der Waals surface area (Å²) in [5.41, 5.74) is 1.35. The molecule has 0 radical (unpaired) electrons. The lowest BCUT2D eigenvalue weighted by molar-refractivity contribution is 0.111. The predicted molar refractivity (Wildman–Crippen MR) is 54.6 cm³/mol. The van der Waals surface area contributed by atoms with Crippen LogP contribution >= 0.6 is 11.3 Å². The van der Waals surface area contributed by atoms with Crippen molar-refractivity contribution in [1.82, 2.24) is 4.98 Å². The fourth-order valence-electron chi connectivity index (χ4n) is 1.08. The zero-order valence-electron chi connectivity index (χ0n) is 7.18. The van der Waals surface area contributed by atoms with Gasteiger partial charge in [-0.3, -0.25) is 4.79 Å². The van der Waals surface area contributed by atoms with Crippen LogP contribution in [0.5, 0.6) is 5.75 Å². The Morgan fingerprint density at radius 3 is 2.57 bits per heavy atom. The van der Waals surface area contributed by atoms with E-state index in [2.05, 4.69) is 4.98 Å². The molecule has 0 unspecified atom stereocenters. The summed E-state index contributed by atoms with van der Waals surface area (Å²) >= 11 is 1.41. The number of aldehydes is 1. The van der Waals surface area contributed by atoms with Crippen LogP contribution in [0.2, 0.25) is 0 Å². The first-order valence-electron chi connectivity index (χ1n) is 4.00. The maximum Gasteiger partial charge on any atom is 0.169 e. The molecule has 2 aromatic rings. The van der Waals surface area contributed by atoms with Gasteiger partial charge >= 0.3 is 0 Å². The van der Waals surface area contributed by atoms with Crippen molar-refractivity contribution in [1.29, 1.82) is 0 Å². The summed E-state index contributed by atoms with van der Waals surface area (Å²) in [4.78, 5) is 14.5. The van der Waals surface area contributed by atoms with Gasteiger partial charge in [0.1, 0.15) is 16.5 Å². The van der Waals surface area contributed by atoms with E-state index in [1.54, 1.807) is 29.6 Å². The zero-order valence-corrected chi connectivity index (χ0v) is 7.99. The first-order chi connectivity index (χ1) is 6.79. The number of thiazole rings is 1. The average molecular weight is 205 g/mol. The number of aromatic hydroxyl groups is 1. The van der Waals surface area contributed by atoms with E-state index in [4.69, 9.17) is 5.11 Å². The number of carbonyl (C=O) groups excluding carboxylic acids is 1. The molecule has 1 aromatic heterocycles. The third-order valence-electron chi connectivity index (χ3n) is 1.76. The minimum atomic E-state index is 0.223. The second kappa shape index (κ2) is 3.59. The van der Waals surface area contributed by atoms with Crippen LogP contribution in [0.15, 0.2) is 29.6 Å². The quantitative estimate of drug-likeness (QED) is 0.765. The van der Waals surface area contributed by atoms with Gasteiger partial charge in [-0.2, -0.15) is 0 Å². The molecule has 0 amide bonds. The summed E-state index contributed by atoms with van der Waals surface area (Å²) in [7, 11) is 0. The van der Waals surface area contributed by atoms with Crippen molar-refractivity contribution in [2.24, 2.45) is 0 Å². The SMILES string of the molecule is O=Cc1csc(-c2ccc(O)cc2)n1. The molecule has 0 atom stereocenters. The maximum atomic E-state index is 10.4. The normalized spacial score (nSPS) is 10.0. The standard InChI is InChI=1S/C10H7NO2S/c12-5-8-6-14-10(11-8)7-1-3-9(13)4-2-7/h1-6,13H. The minimum Gasteiger partial charge on any atom is -0.508 e. The Morgan fingerprint density at radius 1 is 1.29 bits per heavy atom. The molecule has 2 rings (SSSR count). The second-order valence-electron chi connectivity index (χ2n) is 2.74. The van der Waals surface area contributed by atoms with E-state index < -0.39 is 0 Å².